The molecule has 1 aliphatic rings. The summed E-state index contributed by atoms with van der Waals surface area (Å²) in [7, 11) is 0. The maximum atomic E-state index is 13.4. The van der Waals surface area contributed by atoms with Crippen LogP contribution < -0.4 is 5.73 Å². The first kappa shape index (κ1) is 14.8. The molecule has 110 valence electrons. The zero-order chi connectivity index (χ0) is 14.7. The van der Waals surface area contributed by atoms with Crippen LogP contribution in [0.25, 0.3) is 0 Å². The molecule has 3 N–H and O–H groups in total. The van der Waals surface area contributed by atoms with Crippen molar-refractivity contribution in [3.05, 3.63) is 35.1 Å². The zero-order valence-electron chi connectivity index (χ0n) is 12.0. The number of hydrogen-bond acceptors (Lipinski definition) is 3. The van der Waals surface area contributed by atoms with Crippen LogP contribution in [0.4, 0.5) is 4.39 Å². The van der Waals surface area contributed by atoms with Gasteiger partial charge in [-0.2, -0.15) is 0 Å². The predicted octanol–water partition coefficient (Wildman–Crippen LogP) is 2.68. The molecule has 5 heteroatoms. The molecule has 1 aliphatic heterocycles. The number of piperidine rings is 1. The maximum Gasteiger partial charge on any atom is 0.170 e. The van der Waals surface area contributed by atoms with Gasteiger partial charge in [-0.25, -0.2) is 4.39 Å². The van der Waals surface area contributed by atoms with Crippen molar-refractivity contribution in [2.45, 2.75) is 51.7 Å². The molecule has 20 heavy (non-hydrogen) atoms. The molecule has 0 radical (unpaired) electrons. The molecule has 0 amide bonds. The molecule has 2 atom stereocenters. The minimum absolute atomic E-state index is 0.0446. The van der Waals surface area contributed by atoms with E-state index in [-0.39, 0.29) is 11.7 Å². The van der Waals surface area contributed by atoms with Crippen molar-refractivity contribution in [1.82, 2.24) is 4.90 Å². The standard InChI is InChI=1S/C15H22FN3O/c1-10-4-3-5-11(2)19(10)9-12-6-7-13(16)8-14(12)15(17)18-20/h6-8,10-11,20H,3-5,9H2,1-2H3,(H2,17,18)/t10-,11+. The van der Waals surface area contributed by atoms with Crippen molar-refractivity contribution < 1.29 is 9.60 Å². The first-order valence-corrected chi connectivity index (χ1v) is 7.05. The fourth-order valence-electron chi connectivity index (χ4n) is 2.96. The Labute approximate surface area is 119 Å². The largest absolute Gasteiger partial charge is 0.409 e. The molecule has 0 spiro atoms. The van der Waals surface area contributed by atoms with Gasteiger partial charge < -0.3 is 10.9 Å². The number of nitrogens with zero attached hydrogens (tertiary/aromatic N) is 2. The van der Waals surface area contributed by atoms with E-state index in [1.807, 2.05) is 0 Å². The molecule has 0 saturated carbocycles. The lowest BCUT2D eigenvalue weighted by Gasteiger charge is -2.39. The van der Waals surface area contributed by atoms with E-state index in [1.54, 1.807) is 6.07 Å². The van der Waals surface area contributed by atoms with Gasteiger partial charge in [0.15, 0.2) is 5.84 Å². The van der Waals surface area contributed by atoms with Crippen molar-refractivity contribution in [2.24, 2.45) is 10.9 Å². The zero-order valence-corrected chi connectivity index (χ0v) is 12.0. The Morgan fingerprint density at radius 1 is 1.40 bits per heavy atom. The lowest BCUT2D eigenvalue weighted by Crippen LogP contribution is -2.43. The Balaban J connectivity index is 2.28. The van der Waals surface area contributed by atoms with E-state index in [0.29, 0.717) is 24.2 Å². The Morgan fingerprint density at radius 3 is 2.65 bits per heavy atom. The van der Waals surface area contributed by atoms with Crippen molar-refractivity contribution in [1.29, 1.82) is 0 Å². The maximum absolute atomic E-state index is 13.4. The monoisotopic (exact) mass is 279 g/mol. The highest BCUT2D eigenvalue weighted by Gasteiger charge is 2.25. The summed E-state index contributed by atoms with van der Waals surface area (Å²) in [6.07, 6.45) is 3.59. The minimum atomic E-state index is -0.380. The van der Waals surface area contributed by atoms with Crippen LogP contribution in [0.2, 0.25) is 0 Å². The first-order valence-electron chi connectivity index (χ1n) is 7.05. The van der Waals surface area contributed by atoms with Gasteiger partial charge in [0.1, 0.15) is 5.82 Å². The summed E-state index contributed by atoms with van der Waals surface area (Å²) >= 11 is 0. The number of hydrogen-bond donors (Lipinski definition) is 2. The highest BCUT2D eigenvalue weighted by atomic mass is 19.1. The molecule has 1 fully saturated rings. The second-order valence-electron chi connectivity index (χ2n) is 5.59. The van der Waals surface area contributed by atoms with E-state index in [2.05, 4.69) is 23.9 Å². The smallest absolute Gasteiger partial charge is 0.170 e. The van der Waals surface area contributed by atoms with E-state index in [9.17, 15) is 4.39 Å². The van der Waals surface area contributed by atoms with Gasteiger partial charge in [-0.05, 0) is 44.4 Å². The van der Waals surface area contributed by atoms with Gasteiger partial charge in [0, 0.05) is 24.2 Å². The molecular formula is C15H22FN3O. The van der Waals surface area contributed by atoms with E-state index < -0.39 is 0 Å². The second kappa shape index (κ2) is 6.22. The quantitative estimate of drug-likeness (QED) is 0.387. The summed E-state index contributed by atoms with van der Waals surface area (Å²) in [6, 6.07) is 5.44. The third kappa shape index (κ3) is 3.10. The number of oxime groups is 1. The molecule has 1 heterocycles. The van der Waals surface area contributed by atoms with Crippen LogP contribution in [-0.2, 0) is 6.54 Å². The molecule has 0 aromatic heterocycles. The number of benzene rings is 1. The van der Waals surface area contributed by atoms with Crippen molar-refractivity contribution >= 4 is 5.84 Å². The van der Waals surface area contributed by atoms with Crippen LogP contribution in [0.15, 0.2) is 23.4 Å². The van der Waals surface area contributed by atoms with Crippen LogP contribution in [0.1, 0.15) is 44.2 Å². The number of amidine groups is 1. The summed E-state index contributed by atoms with van der Waals surface area (Å²) in [6.45, 7) is 5.11. The fraction of sp³-hybridized carbons (Fsp3) is 0.533. The van der Waals surface area contributed by atoms with Gasteiger partial charge in [0.2, 0.25) is 0 Å². The molecule has 0 aliphatic carbocycles. The lowest BCUT2D eigenvalue weighted by molar-refractivity contribution is 0.0952. The van der Waals surface area contributed by atoms with E-state index >= 15 is 0 Å². The Hall–Kier alpha value is -1.62. The second-order valence-corrected chi connectivity index (χ2v) is 5.59. The minimum Gasteiger partial charge on any atom is -0.409 e. The molecule has 0 bridgehead atoms. The van der Waals surface area contributed by atoms with Crippen LogP contribution in [0, 0.1) is 5.82 Å². The Morgan fingerprint density at radius 2 is 2.05 bits per heavy atom. The van der Waals surface area contributed by atoms with E-state index in [1.165, 1.54) is 31.4 Å². The van der Waals surface area contributed by atoms with E-state index in [0.717, 1.165) is 5.56 Å². The third-order valence-corrected chi connectivity index (χ3v) is 4.18. The summed E-state index contributed by atoms with van der Waals surface area (Å²) in [5, 5.41) is 11.8. The molecule has 0 unspecified atom stereocenters. The Bertz CT molecular complexity index is 494. The van der Waals surface area contributed by atoms with Crippen LogP contribution in [0.3, 0.4) is 0 Å². The van der Waals surface area contributed by atoms with E-state index in [4.69, 9.17) is 10.9 Å². The molecule has 1 aromatic rings. The molecule has 1 saturated heterocycles. The number of halogens is 1. The van der Waals surface area contributed by atoms with Gasteiger partial charge in [-0.15, -0.1) is 0 Å². The topological polar surface area (TPSA) is 61.8 Å². The highest BCUT2D eigenvalue weighted by Crippen LogP contribution is 2.25. The van der Waals surface area contributed by atoms with Gasteiger partial charge >= 0.3 is 0 Å². The number of likely N-dealkylation sites (tertiary alicyclic amines) is 1. The van der Waals surface area contributed by atoms with Crippen molar-refractivity contribution in [3.63, 3.8) is 0 Å². The lowest BCUT2D eigenvalue weighted by atomic mass is 9.95. The number of rotatable bonds is 3. The van der Waals surface area contributed by atoms with Gasteiger partial charge in [0.25, 0.3) is 0 Å². The average molecular weight is 279 g/mol. The summed E-state index contributed by atoms with van der Waals surface area (Å²) in [4.78, 5) is 2.39. The van der Waals surface area contributed by atoms with Gasteiger partial charge in [0.05, 0.1) is 0 Å². The summed E-state index contributed by atoms with van der Waals surface area (Å²) < 4.78 is 13.4. The number of nitrogens with two attached hydrogens (primary N) is 1. The Kier molecular flexibility index (Phi) is 4.60. The fourth-order valence-corrected chi connectivity index (χ4v) is 2.96. The molecule has 1 aromatic carbocycles. The molecular weight excluding hydrogens is 257 g/mol. The van der Waals surface area contributed by atoms with Crippen LogP contribution >= 0.6 is 0 Å². The van der Waals surface area contributed by atoms with Gasteiger partial charge in [-0.3, -0.25) is 4.90 Å². The van der Waals surface area contributed by atoms with Crippen LogP contribution in [0.5, 0.6) is 0 Å². The summed E-state index contributed by atoms with van der Waals surface area (Å²) in [5.74, 6) is -0.424. The van der Waals surface area contributed by atoms with Crippen molar-refractivity contribution in [2.75, 3.05) is 0 Å². The predicted molar refractivity (Wildman–Crippen MR) is 77.2 cm³/mol. The molecule has 2 rings (SSSR count). The van der Waals surface area contributed by atoms with Crippen molar-refractivity contribution in [3.8, 4) is 0 Å². The highest BCUT2D eigenvalue weighted by molar-refractivity contribution is 5.98. The third-order valence-electron chi connectivity index (χ3n) is 4.18. The molecule has 4 nitrogen and oxygen atoms in total. The summed E-state index contributed by atoms with van der Waals surface area (Å²) in [5.41, 5.74) is 7.01. The van der Waals surface area contributed by atoms with Gasteiger partial charge in [-0.1, -0.05) is 17.6 Å². The normalized spacial score (nSPS) is 24.9. The SMILES string of the molecule is C[C@@H]1CCC[C@H](C)N1Cc1ccc(F)cc1/C(N)=N/O. The first-order chi connectivity index (χ1) is 9.52. The average Bonchev–Trinajstić information content (AvgIpc) is 2.43. The van der Waals surface area contributed by atoms with Crippen LogP contribution in [-0.4, -0.2) is 28.0 Å².